The minimum atomic E-state index is -0.920. The molecule has 0 unspecified atom stereocenters. The molecule has 0 aliphatic carbocycles. The molecule has 5 nitrogen and oxygen atoms in total. The summed E-state index contributed by atoms with van der Waals surface area (Å²) in [4.78, 5) is 41.7. The molecule has 0 atom stereocenters. The molecule has 0 radical (unpaired) electrons. The lowest BCUT2D eigenvalue weighted by Crippen LogP contribution is -2.13. The van der Waals surface area contributed by atoms with Gasteiger partial charge in [0.25, 0.3) is 0 Å². The fourth-order valence-corrected chi connectivity index (χ4v) is 0.891. The van der Waals surface area contributed by atoms with Gasteiger partial charge in [0.15, 0.2) is 5.78 Å². The summed E-state index contributed by atoms with van der Waals surface area (Å²) in [5, 5.41) is 8.27. The Balaban J connectivity index is 3.58. The van der Waals surface area contributed by atoms with E-state index in [4.69, 9.17) is 5.11 Å². The lowest BCUT2D eigenvalue weighted by molar-refractivity contribution is -0.138. The third-order valence-electron chi connectivity index (χ3n) is 1.62. The Morgan fingerprint density at radius 1 is 1.00 bits per heavy atom. The predicted molar refractivity (Wildman–Crippen MR) is 46.8 cm³/mol. The zero-order valence-electron chi connectivity index (χ0n) is 7.69. The van der Waals surface area contributed by atoms with E-state index in [-0.39, 0.29) is 19.3 Å². The van der Waals surface area contributed by atoms with Gasteiger partial charge in [0.1, 0.15) is 6.29 Å². The van der Waals surface area contributed by atoms with E-state index in [2.05, 4.69) is 0 Å². The Labute approximate surface area is 81.1 Å². The van der Waals surface area contributed by atoms with Crippen LogP contribution in [-0.2, 0) is 19.2 Å². The van der Waals surface area contributed by atoms with E-state index in [1.165, 1.54) is 0 Å². The number of carbonyl (C=O) groups is 4. The van der Waals surface area contributed by atoms with Crippen LogP contribution in [0.3, 0.4) is 0 Å². The molecule has 5 heteroatoms. The normalized spacial score (nSPS) is 9.43. The third-order valence-corrected chi connectivity index (χ3v) is 1.62. The number of ketones is 2. The average molecular weight is 200 g/mol. The van der Waals surface area contributed by atoms with Gasteiger partial charge in [0.2, 0.25) is 5.78 Å². The van der Waals surface area contributed by atoms with Crippen LogP contribution in [0.5, 0.6) is 0 Å². The van der Waals surface area contributed by atoms with Gasteiger partial charge in [-0.1, -0.05) is 0 Å². The van der Waals surface area contributed by atoms with Crippen molar-refractivity contribution in [2.45, 2.75) is 32.1 Å². The first-order valence-electron chi connectivity index (χ1n) is 4.29. The van der Waals surface area contributed by atoms with Crippen molar-refractivity contribution in [1.29, 1.82) is 0 Å². The monoisotopic (exact) mass is 200 g/mol. The summed E-state index contributed by atoms with van der Waals surface area (Å²) >= 11 is 0. The molecule has 1 N–H and O–H groups in total. The first kappa shape index (κ1) is 12.5. The van der Waals surface area contributed by atoms with Crippen LogP contribution in [0, 0.1) is 0 Å². The molecule has 0 saturated heterocycles. The molecule has 0 aromatic heterocycles. The quantitative estimate of drug-likeness (QED) is 0.264. The molecule has 0 aliphatic rings. The van der Waals surface area contributed by atoms with Gasteiger partial charge in [-0.2, -0.15) is 0 Å². The second kappa shape index (κ2) is 6.94. The number of unbranched alkanes of at least 4 members (excludes halogenated alkanes) is 1. The summed E-state index contributed by atoms with van der Waals surface area (Å²) in [5.74, 6) is -2.21. The summed E-state index contributed by atoms with van der Waals surface area (Å²) in [6, 6.07) is 0. The van der Waals surface area contributed by atoms with Crippen LogP contribution < -0.4 is 0 Å². The van der Waals surface area contributed by atoms with Crippen molar-refractivity contribution in [2.24, 2.45) is 0 Å². The Kier molecular flexibility index (Phi) is 6.19. The van der Waals surface area contributed by atoms with E-state index in [0.717, 1.165) is 0 Å². The maximum Gasteiger partial charge on any atom is 0.303 e. The molecule has 0 saturated carbocycles. The number of carboxylic acids is 1. The van der Waals surface area contributed by atoms with E-state index in [1.54, 1.807) is 0 Å². The van der Waals surface area contributed by atoms with Gasteiger partial charge in [-0.3, -0.25) is 14.4 Å². The Morgan fingerprint density at radius 3 is 2.07 bits per heavy atom. The summed E-state index contributed by atoms with van der Waals surface area (Å²) in [7, 11) is 0. The molecule has 0 heterocycles. The second-order valence-corrected chi connectivity index (χ2v) is 2.82. The maximum atomic E-state index is 10.9. The van der Waals surface area contributed by atoms with Gasteiger partial charge >= 0.3 is 5.97 Å². The number of hydrogen-bond donors (Lipinski definition) is 1. The van der Waals surface area contributed by atoms with Crippen LogP contribution in [0.15, 0.2) is 0 Å². The fraction of sp³-hybridized carbons (Fsp3) is 0.556. The van der Waals surface area contributed by atoms with E-state index in [1.807, 2.05) is 0 Å². The van der Waals surface area contributed by atoms with Crippen LogP contribution in [-0.4, -0.2) is 28.9 Å². The van der Waals surface area contributed by atoms with Crippen LogP contribution in [0.4, 0.5) is 0 Å². The van der Waals surface area contributed by atoms with E-state index >= 15 is 0 Å². The van der Waals surface area contributed by atoms with Gasteiger partial charge < -0.3 is 9.90 Å². The van der Waals surface area contributed by atoms with E-state index in [9.17, 15) is 19.2 Å². The van der Waals surface area contributed by atoms with Crippen LogP contribution in [0.1, 0.15) is 32.1 Å². The van der Waals surface area contributed by atoms with Crippen molar-refractivity contribution >= 4 is 23.8 Å². The highest BCUT2D eigenvalue weighted by atomic mass is 16.4. The predicted octanol–water partition coefficient (Wildman–Crippen LogP) is 0.359. The lowest BCUT2D eigenvalue weighted by Gasteiger charge is -1.96. The van der Waals surface area contributed by atoms with Gasteiger partial charge in [-0.05, 0) is 12.8 Å². The topological polar surface area (TPSA) is 88.5 Å². The van der Waals surface area contributed by atoms with Crippen molar-refractivity contribution in [2.75, 3.05) is 0 Å². The van der Waals surface area contributed by atoms with Crippen molar-refractivity contribution < 1.29 is 24.3 Å². The first-order chi connectivity index (χ1) is 6.57. The highest BCUT2D eigenvalue weighted by Gasteiger charge is 2.12. The minimum absolute atomic E-state index is 0.00481. The Hall–Kier alpha value is -1.52. The molecular formula is C9H12O5. The Morgan fingerprint density at radius 2 is 1.57 bits per heavy atom. The lowest BCUT2D eigenvalue weighted by atomic mass is 10.1. The molecule has 0 fully saturated rings. The molecular weight excluding hydrogens is 188 g/mol. The Bertz CT molecular complexity index is 244. The molecule has 78 valence electrons. The highest BCUT2D eigenvalue weighted by molar-refractivity contribution is 6.39. The summed E-state index contributed by atoms with van der Waals surface area (Å²) in [6.45, 7) is 0. The number of rotatable bonds is 8. The van der Waals surface area contributed by atoms with Gasteiger partial charge in [-0.25, -0.2) is 0 Å². The van der Waals surface area contributed by atoms with Gasteiger partial charge in [0.05, 0.1) is 6.42 Å². The number of carbonyl (C=O) groups excluding carboxylic acids is 3. The van der Waals surface area contributed by atoms with Crippen LogP contribution in [0.2, 0.25) is 0 Å². The highest BCUT2D eigenvalue weighted by Crippen LogP contribution is 2.01. The SMILES string of the molecule is O=CCC(=O)C(=O)CCCCC(=O)O. The van der Waals surface area contributed by atoms with Crippen molar-refractivity contribution in [1.82, 2.24) is 0 Å². The number of Topliss-reactive ketones (excluding diaryl/α,β-unsaturated/α-hetero) is 2. The zero-order chi connectivity index (χ0) is 11.0. The number of hydrogen-bond acceptors (Lipinski definition) is 4. The minimum Gasteiger partial charge on any atom is -0.481 e. The number of aliphatic carboxylic acids is 1. The maximum absolute atomic E-state index is 10.9. The molecule has 0 aliphatic heterocycles. The van der Waals surface area contributed by atoms with Crippen molar-refractivity contribution in [3.05, 3.63) is 0 Å². The van der Waals surface area contributed by atoms with Gasteiger partial charge in [0, 0.05) is 12.8 Å². The number of aldehydes is 1. The smallest absolute Gasteiger partial charge is 0.303 e. The number of carboxylic acid groups (broad SMARTS) is 1. The van der Waals surface area contributed by atoms with E-state index < -0.39 is 17.5 Å². The molecule has 0 aromatic rings. The summed E-state index contributed by atoms with van der Waals surface area (Å²) in [5.41, 5.74) is 0. The molecule has 0 rings (SSSR count). The van der Waals surface area contributed by atoms with Gasteiger partial charge in [-0.15, -0.1) is 0 Å². The van der Waals surface area contributed by atoms with Crippen LogP contribution in [0.25, 0.3) is 0 Å². The van der Waals surface area contributed by atoms with E-state index in [0.29, 0.717) is 19.1 Å². The average Bonchev–Trinajstić information content (AvgIpc) is 2.12. The fourth-order valence-electron chi connectivity index (χ4n) is 0.891. The second-order valence-electron chi connectivity index (χ2n) is 2.82. The zero-order valence-corrected chi connectivity index (χ0v) is 7.69. The summed E-state index contributed by atoms with van der Waals surface area (Å²) in [6.07, 6.45) is 0.773. The van der Waals surface area contributed by atoms with Crippen molar-refractivity contribution in [3.8, 4) is 0 Å². The molecule has 0 amide bonds. The van der Waals surface area contributed by atoms with Crippen molar-refractivity contribution in [3.63, 3.8) is 0 Å². The molecule has 14 heavy (non-hydrogen) atoms. The third kappa shape index (κ3) is 6.05. The molecule has 0 bridgehead atoms. The summed E-state index contributed by atoms with van der Waals surface area (Å²) < 4.78 is 0. The molecule has 0 spiro atoms. The standard InChI is InChI=1S/C9H12O5/c10-6-5-8(12)7(11)3-1-2-4-9(13)14/h6H,1-5H2,(H,13,14). The first-order valence-corrected chi connectivity index (χ1v) is 4.29. The van der Waals surface area contributed by atoms with Crippen LogP contribution >= 0.6 is 0 Å². The molecule has 0 aromatic carbocycles. The largest absolute Gasteiger partial charge is 0.481 e.